The first kappa shape index (κ1) is 22.0. The fourth-order valence-corrected chi connectivity index (χ4v) is 2.18. The van der Waals surface area contributed by atoms with E-state index in [9.17, 15) is 33.1 Å². The van der Waals surface area contributed by atoms with E-state index in [1.54, 1.807) is 0 Å². The number of hydrogen-bond acceptors (Lipinski definition) is 6. The number of carbonyl (C=O) groups excluding carboxylic acids is 3. The van der Waals surface area contributed by atoms with Crippen LogP contribution in [0.15, 0.2) is 18.2 Å². The molecule has 0 fully saturated rings. The molecule has 1 aromatic rings. The van der Waals surface area contributed by atoms with Crippen LogP contribution in [0.25, 0.3) is 0 Å². The first-order valence-corrected chi connectivity index (χ1v) is 8.02. The molecule has 0 spiro atoms. The normalized spacial score (nSPS) is 12.6. The SMILES string of the molecule is CCOC(=O)C[C@@H](C(=O)OCC)[C@H](NC(=O)c1ccc(F)c(F)c1)C(=O)O. The van der Waals surface area contributed by atoms with Crippen LogP contribution in [0.4, 0.5) is 8.78 Å². The second-order valence-corrected chi connectivity index (χ2v) is 5.29. The van der Waals surface area contributed by atoms with Gasteiger partial charge in [-0.15, -0.1) is 0 Å². The van der Waals surface area contributed by atoms with E-state index in [0.717, 1.165) is 6.07 Å². The molecule has 0 heterocycles. The number of rotatable bonds is 9. The fraction of sp³-hybridized carbons (Fsp3) is 0.412. The smallest absolute Gasteiger partial charge is 0.327 e. The van der Waals surface area contributed by atoms with E-state index in [1.807, 2.05) is 5.32 Å². The van der Waals surface area contributed by atoms with Crippen molar-refractivity contribution in [2.45, 2.75) is 26.3 Å². The van der Waals surface area contributed by atoms with Gasteiger partial charge in [-0.2, -0.15) is 0 Å². The molecular weight excluding hydrogens is 368 g/mol. The molecule has 0 aliphatic carbocycles. The van der Waals surface area contributed by atoms with Gasteiger partial charge in [-0.05, 0) is 32.0 Å². The van der Waals surface area contributed by atoms with Crippen molar-refractivity contribution in [3.8, 4) is 0 Å². The van der Waals surface area contributed by atoms with Gasteiger partial charge >= 0.3 is 17.9 Å². The van der Waals surface area contributed by atoms with Crippen molar-refractivity contribution in [1.82, 2.24) is 5.32 Å². The van der Waals surface area contributed by atoms with Crippen LogP contribution in [0.3, 0.4) is 0 Å². The van der Waals surface area contributed by atoms with E-state index in [-0.39, 0.29) is 18.8 Å². The van der Waals surface area contributed by atoms with Gasteiger partial charge in [-0.25, -0.2) is 13.6 Å². The third-order valence-corrected chi connectivity index (χ3v) is 3.42. The van der Waals surface area contributed by atoms with E-state index in [2.05, 4.69) is 0 Å². The molecule has 0 radical (unpaired) electrons. The molecule has 8 nitrogen and oxygen atoms in total. The quantitative estimate of drug-likeness (QED) is 0.613. The van der Waals surface area contributed by atoms with Crippen LogP contribution in [0.1, 0.15) is 30.6 Å². The van der Waals surface area contributed by atoms with Gasteiger partial charge in [-0.3, -0.25) is 14.4 Å². The zero-order valence-corrected chi connectivity index (χ0v) is 14.7. The molecule has 0 saturated heterocycles. The fourth-order valence-electron chi connectivity index (χ4n) is 2.18. The maximum absolute atomic E-state index is 13.3. The van der Waals surface area contributed by atoms with Crippen LogP contribution in [-0.4, -0.2) is 48.2 Å². The van der Waals surface area contributed by atoms with Crippen LogP contribution in [0.5, 0.6) is 0 Å². The minimum atomic E-state index is -1.85. The molecule has 2 N–H and O–H groups in total. The lowest BCUT2D eigenvalue weighted by Crippen LogP contribution is -2.49. The average molecular weight is 387 g/mol. The molecule has 0 aliphatic heterocycles. The molecule has 0 bridgehead atoms. The molecule has 27 heavy (non-hydrogen) atoms. The Labute approximate surface area is 153 Å². The number of carboxylic acid groups (broad SMARTS) is 1. The van der Waals surface area contributed by atoms with E-state index >= 15 is 0 Å². The molecule has 10 heteroatoms. The predicted octanol–water partition coefficient (Wildman–Crippen LogP) is 1.28. The zero-order chi connectivity index (χ0) is 20.6. The maximum Gasteiger partial charge on any atom is 0.327 e. The highest BCUT2D eigenvalue weighted by molar-refractivity contribution is 5.98. The molecule has 2 atom stereocenters. The van der Waals surface area contributed by atoms with Gasteiger partial charge in [-0.1, -0.05) is 0 Å². The summed E-state index contributed by atoms with van der Waals surface area (Å²) >= 11 is 0. The molecule has 1 rings (SSSR count). The second-order valence-electron chi connectivity index (χ2n) is 5.29. The Hall–Kier alpha value is -3.04. The summed E-state index contributed by atoms with van der Waals surface area (Å²) in [5, 5.41) is 11.4. The van der Waals surface area contributed by atoms with E-state index in [0.29, 0.717) is 12.1 Å². The Bertz CT molecular complexity index is 723. The summed E-state index contributed by atoms with van der Waals surface area (Å²) < 4.78 is 35.7. The summed E-state index contributed by atoms with van der Waals surface area (Å²) in [7, 11) is 0. The highest BCUT2D eigenvalue weighted by atomic mass is 19.2. The summed E-state index contributed by atoms with van der Waals surface area (Å²) in [6, 6.07) is 0.363. The molecular formula is C17H19F2NO7. The zero-order valence-electron chi connectivity index (χ0n) is 14.7. The molecule has 0 unspecified atom stereocenters. The van der Waals surface area contributed by atoms with Crippen LogP contribution in [0, 0.1) is 17.6 Å². The van der Waals surface area contributed by atoms with Crippen LogP contribution in [0.2, 0.25) is 0 Å². The number of amides is 1. The first-order chi connectivity index (χ1) is 12.7. The van der Waals surface area contributed by atoms with E-state index in [4.69, 9.17) is 9.47 Å². The van der Waals surface area contributed by atoms with Gasteiger partial charge in [0.1, 0.15) is 6.04 Å². The summed E-state index contributed by atoms with van der Waals surface area (Å²) in [4.78, 5) is 47.5. The average Bonchev–Trinajstić information content (AvgIpc) is 2.60. The van der Waals surface area contributed by atoms with Crippen LogP contribution < -0.4 is 5.32 Å². The standard InChI is InChI=1S/C17H19F2NO7/c1-3-26-13(21)8-10(17(25)27-4-2)14(16(23)24)20-15(22)9-5-6-11(18)12(19)7-9/h5-7,10,14H,3-4,8H2,1-2H3,(H,20,22)(H,23,24)/t10-,14+/m1/s1. The Morgan fingerprint density at radius 1 is 1.07 bits per heavy atom. The predicted molar refractivity (Wildman–Crippen MR) is 86.6 cm³/mol. The van der Waals surface area contributed by atoms with Gasteiger partial charge in [0.2, 0.25) is 0 Å². The molecule has 0 aliphatic rings. The maximum atomic E-state index is 13.3. The van der Waals surface area contributed by atoms with Crippen molar-refractivity contribution in [3.05, 3.63) is 35.4 Å². The molecule has 0 aromatic heterocycles. The van der Waals surface area contributed by atoms with E-state index in [1.165, 1.54) is 13.8 Å². The number of hydrogen-bond donors (Lipinski definition) is 2. The molecule has 1 amide bonds. The summed E-state index contributed by atoms with van der Waals surface area (Å²) in [6.07, 6.45) is -0.651. The van der Waals surface area contributed by atoms with Crippen molar-refractivity contribution >= 4 is 23.8 Å². The number of halogens is 2. The van der Waals surface area contributed by atoms with Gasteiger partial charge in [0.05, 0.1) is 25.6 Å². The van der Waals surface area contributed by atoms with Crippen molar-refractivity contribution in [1.29, 1.82) is 0 Å². The minimum absolute atomic E-state index is 0.00727. The van der Waals surface area contributed by atoms with Crippen molar-refractivity contribution in [3.63, 3.8) is 0 Å². The summed E-state index contributed by atoms with van der Waals surface area (Å²) in [6.45, 7) is 2.93. The van der Waals surface area contributed by atoms with Crippen LogP contribution >= 0.6 is 0 Å². The lowest BCUT2D eigenvalue weighted by molar-refractivity contribution is -0.159. The highest BCUT2D eigenvalue weighted by Crippen LogP contribution is 2.16. The largest absolute Gasteiger partial charge is 0.480 e. The van der Waals surface area contributed by atoms with Gasteiger partial charge in [0.25, 0.3) is 5.91 Å². The molecule has 1 aromatic carbocycles. The monoisotopic (exact) mass is 387 g/mol. The second kappa shape index (κ2) is 10.2. The third-order valence-electron chi connectivity index (χ3n) is 3.42. The topological polar surface area (TPSA) is 119 Å². The number of esters is 2. The minimum Gasteiger partial charge on any atom is -0.480 e. The number of aliphatic carboxylic acids is 1. The first-order valence-electron chi connectivity index (χ1n) is 8.02. The summed E-state index contributed by atoms with van der Waals surface area (Å²) in [5.74, 6) is -8.63. The van der Waals surface area contributed by atoms with Crippen molar-refractivity contribution in [2.75, 3.05) is 13.2 Å². The van der Waals surface area contributed by atoms with Crippen LogP contribution in [-0.2, 0) is 23.9 Å². The van der Waals surface area contributed by atoms with Crippen molar-refractivity contribution < 1.29 is 42.5 Å². The number of nitrogens with one attached hydrogen (secondary N) is 1. The summed E-state index contributed by atoms with van der Waals surface area (Å²) in [5.41, 5.74) is -0.362. The third kappa shape index (κ3) is 6.32. The lowest BCUT2D eigenvalue weighted by atomic mass is 9.95. The number of benzene rings is 1. The highest BCUT2D eigenvalue weighted by Gasteiger charge is 2.38. The van der Waals surface area contributed by atoms with Gasteiger partial charge in [0, 0.05) is 5.56 Å². The number of ether oxygens (including phenoxy) is 2. The molecule has 148 valence electrons. The number of carboxylic acids is 1. The Morgan fingerprint density at radius 2 is 1.70 bits per heavy atom. The van der Waals surface area contributed by atoms with Gasteiger partial charge in [0.15, 0.2) is 11.6 Å². The van der Waals surface area contributed by atoms with E-state index < -0.39 is 53.8 Å². The number of carbonyl (C=O) groups is 4. The van der Waals surface area contributed by atoms with Gasteiger partial charge < -0.3 is 19.9 Å². The Kier molecular flexibility index (Phi) is 8.31. The molecule has 0 saturated carbocycles. The van der Waals surface area contributed by atoms with Crippen molar-refractivity contribution in [2.24, 2.45) is 5.92 Å². The Balaban J connectivity index is 3.09. The lowest BCUT2D eigenvalue weighted by Gasteiger charge is -2.22. The Morgan fingerprint density at radius 3 is 2.22 bits per heavy atom.